The maximum atomic E-state index is 12.7. The Bertz CT molecular complexity index is 846. The van der Waals surface area contributed by atoms with E-state index < -0.39 is 22.2 Å². The van der Waals surface area contributed by atoms with Crippen LogP contribution in [0, 0.1) is 6.92 Å². The smallest absolute Gasteiger partial charge is 0.243 e. The molecule has 1 aliphatic rings. The van der Waals surface area contributed by atoms with Crippen LogP contribution in [-0.2, 0) is 10.0 Å². The number of aryl methyl sites for hydroxylation is 1. The predicted molar refractivity (Wildman–Crippen MR) is 92.2 cm³/mol. The zero-order chi connectivity index (χ0) is 18.0. The molecule has 0 unspecified atom stereocenters. The number of hydrogen-bond donors (Lipinski definition) is 1. The van der Waals surface area contributed by atoms with Gasteiger partial charge in [0.15, 0.2) is 0 Å². The van der Waals surface area contributed by atoms with E-state index in [4.69, 9.17) is 4.74 Å². The van der Waals surface area contributed by atoms with Gasteiger partial charge in [-0.05, 0) is 43.3 Å². The zero-order valence-electron chi connectivity index (χ0n) is 13.7. The van der Waals surface area contributed by atoms with Crippen LogP contribution >= 0.6 is 0 Å². The summed E-state index contributed by atoms with van der Waals surface area (Å²) in [4.78, 5) is 10.9. The number of sulfonamides is 1. The van der Waals surface area contributed by atoms with Crippen LogP contribution in [0.1, 0.15) is 15.9 Å². The van der Waals surface area contributed by atoms with Gasteiger partial charge in [-0.3, -0.25) is 4.79 Å². The molecule has 1 saturated heterocycles. The standard InChI is InChI=1S/C18H19NO5S/c1-13-2-8-16(9-3-13)25(22,23)19-10-17(21)18(11-19)24-15-6-4-14(12-20)5-7-15/h2-9,12,17-18,21H,10-11H2,1H3/t17-,18-/m1/s1. The highest BCUT2D eigenvalue weighted by Crippen LogP contribution is 2.25. The van der Waals surface area contributed by atoms with Crippen LogP contribution in [0.4, 0.5) is 0 Å². The number of hydrogen-bond acceptors (Lipinski definition) is 5. The molecule has 0 radical (unpaired) electrons. The first-order chi connectivity index (χ1) is 11.9. The van der Waals surface area contributed by atoms with Crippen molar-refractivity contribution in [1.82, 2.24) is 4.31 Å². The molecule has 132 valence electrons. The predicted octanol–water partition coefficient (Wildman–Crippen LogP) is 1.62. The lowest BCUT2D eigenvalue weighted by molar-refractivity contribution is 0.0737. The van der Waals surface area contributed by atoms with Crippen LogP contribution in [0.2, 0.25) is 0 Å². The van der Waals surface area contributed by atoms with E-state index in [0.29, 0.717) is 11.3 Å². The number of aldehydes is 1. The van der Waals surface area contributed by atoms with Gasteiger partial charge < -0.3 is 9.84 Å². The summed E-state index contributed by atoms with van der Waals surface area (Å²) in [6, 6.07) is 13.0. The van der Waals surface area contributed by atoms with Crippen molar-refractivity contribution in [3.63, 3.8) is 0 Å². The number of carbonyl (C=O) groups excluding carboxylic acids is 1. The summed E-state index contributed by atoms with van der Waals surface area (Å²) in [6.07, 6.45) is -0.863. The summed E-state index contributed by atoms with van der Waals surface area (Å²) < 4.78 is 32.3. The minimum atomic E-state index is -3.68. The number of ether oxygens (including phenoxy) is 1. The van der Waals surface area contributed by atoms with Crippen LogP contribution in [0.3, 0.4) is 0 Å². The fourth-order valence-electron chi connectivity index (χ4n) is 2.69. The largest absolute Gasteiger partial charge is 0.486 e. The SMILES string of the molecule is Cc1ccc(S(=O)(=O)N2C[C@@H](O)[C@H](Oc3ccc(C=O)cc3)C2)cc1. The second-order valence-corrected chi connectivity index (χ2v) is 7.98. The third-order valence-corrected chi connectivity index (χ3v) is 6.01. The Kier molecular flexibility index (Phi) is 4.89. The summed E-state index contributed by atoms with van der Waals surface area (Å²) in [7, 11) is -3.68. The minimum absolute atomic E-state index is 0.0205. The lowest BCUT2D eigenvalue weighted by atomic mass is 10.2. The van der Waals surface area contributed by atoms with Gasteiger partial charge in [-0.2, -0.15) is 4.31 Å². The fraction of sp³-hybridized carbons (Fsp3) is 0.278. The molecule has 2 aromatic carbocycles. The molecule has 2 aromatic rings. The molecule has 0 spiro atoms. The molecule has 0 amide bonds. The normalized spacial score (nSPS) is 21.2. The third-order valence-electron chi connectivity index (χ3n) is 4.17. The van der Waals surface area contributed by atoms with E-state index in [-0.39, 0.29) is 18.0 Å². The average molecular weight is 361 g/mol. The Balaban J connectivity index is 1.73. The Hall–Kier alpha value is -2.22. The van der Waals surface area contributed by atoms with Gasteiger partial charge >= 0.3 is 0 Å². The van der Waals surface area contributed by atoms with Gasteiger partial charge in [0.2, 0.25) is 10.0 Å². The van der Waals surface area contributed by atoms with Crippen molar-refractivity contribution in [3.8, 4) is 5.75 Å². The van der Waals surface area contributed by atoms with Crippen molar-refractivity contribution in [2.24, 2.45) is 0 Å². The first-order valence-corrected chi connectivity index (χ1v) is 9.31. The van der Waals surface area contributed by atoms with Crippen LogP contribution in [0.5, 0.6) is 5.75 Å². The van der Waals surface area contributed by atoms with Gasteiger partial charge in [0, 0.05) is 12.1 Å². The number of aliphatic hydroxyl groups excluding tert-OH is 1. The zero-order valence-corrected chi connectivity index (χ0v) is 14.5. The summed E-state index contributed by atoms with van der Waals surface area (Å²) >= 11 is 0. The van der Waals surface area contributed by atoms with E-state index in [1.165, 1.54) is 4.31 Å². The van der Waals surface area contributed by atoms with Crippen LogP contribution in [-0.4, -0.2) is 49.4 Å². The topological polar surface area (TPSA) is 83.9 Å². The second-order valence-electron chi connectivity index (χ2n) is 6.05. The summed E-state index contributed by atoms with van der Waals surface area (Å²) in [5.41, 5.74) is 1.49. The van der Waals surface area contributed by atoms with Gasteiger partial charge in [-0.15, -0.1) is 0 Å². The first kappa shape index (κ1) is 17.6. The van der Waals surface area contributed by atoms with E-state index >= 15 is 0 Å². The lowest BCUT2D eigenvalue weighted by Crippen LogP contribution is -2.31. The molecule has 7 heteroatoms. The molecule has 0 aromatic heterocycles. The number of nitrogens with zero attached hydrogens (tertiary/aromatic N) is 1. The fourth-order valence-corrected chi connectivity index (χ4v) is 4.16. The molecule has 0 bridgehead atoms. The van der Waals surface area contributed by atoms with Gasteiger partial charge in [0.25, 0.3) is 0 Å². The number of rotatable bonds is 5. The Morgan fingerprint density at radius 1 is 1.08 bits per heavy atom. The van der Waals surface area contributed by atoms with Gasteiger partial charge in [-0.1, -0.05) is 17.7 Å². The molecule has 0 aliphatic carbocycles. The van der Waals surface area contributed by atoms with E-state index in [0.717, 1.165) is 11.8 Å². The molecule has 3 rings (SSSR count). The summed E-state index contributed by atoms with van der Waals surface area (Å²) in [6.45, 7) is 1.93. The highest BCUT2D eigenvalue weighted by atomic mass is 32.2. The Morgan fingerprint density at radius 2 is 1.72 bits per heavy atom. The third kappa shape index (κ3) is 3.73. The van der Waals surface area contributed by atoms with Gasteiger partial charge in [0.1, 0.15) is 24.2 Å². The van der Waals surface area contributed by atoms with Crippen LogP contribution in [0.15, 0.2) is 53.4 Å². The van der Waals surface area contributed by atoms with E-state index in [1.54, 1.807) is 48.5 Å². The van der Waals surface area contributed by atoms with Crippen molar-refractivity contribution < 1.29 is 23.1 Å². The molecule has 1 N–H and O–H groups in total. The Morgan fingerprint density at radius 3 is 2.32 bits per heavy atom. The highest BCUT2D eigenvalue weighted by Gasteiger charge is 2.39. The molecule has 0 saturated carbocycles. The van der Waals surface area contributed by atoms with Crippen molar-refractivity contribution in [2.45, 2.75) is 24.0 Å². The molecular weight excluding hydrogens is 342 g/mol. The number of carbonyl (C=O) groups is 1. The first-order valence-electron chi connectivity index (χ1n) is 7.87. The van der Waals surface area contributed by atoms with Crippen LogP contribution < -0.4 is 4.74 Å². The average Bonchev–Trinajstić information content (AvgIpc) is 2.97. The van der Waals surface area contributed by atoms with Crippen molar-refractivity contribution in [1.29, 1.82) is 0 Å². The van der Waals surface area contributed by atoms with Gasteiger partial charge in [0.05, 0.1) is 11.4 Å². The number of β-amino-alcohol motifs (C(OH)–C–C–N with tert-alkyl or cyclic N) is 1. The van der Waals surface area contributed by atoms with Crippen molar-refractivity contribution in [3.05, 3.63) is 59.7 Å². The van der Waals surface area contributed by atoms with Gasteiger partial charge in [-0.25, -0.2) is 8.42 Å². The molecule has 1 heterocycles. The molecule has 1 aliphatic heterocycles. The lowest BCUT2D eigenvalue weighted by Gasteiger charge is -2.17. The molecular formula is C18H19NO5S. The molecule has 1 fully saturated rings. The van der Waals surface area contributed by atoms with E-state index in [9.17, 15) is 18.3 Å². The van der Waals surface area contributed by atoms with E-state index in [2.05, 4.69) is 0 Å². The summed E-state index contributed by atoms with van der Waals surface area (Å²) in [5.74, 6) is 0.476. The Labute approximate surface area is 146 Å². The maximum absolute atomic E-state index is 12.7. The quantitative estimate of drug-likeness (QED) is 0.818. The van der Waals surface area contributed by atoms with Crippen LogP contribution in [0.25, 0.3) is 0 Å². The molecule has 6 nitrogen and oxygen atoms in total. The number of benzene rings is 2. The van der Waals surface area contributed by atoms with E-state index in [1.807, 2.05) is 6.92 Å². The minimum Gasteiger partial charge on any atom is -0.486 e. The van der Waals surface area contributed by atoms with Crippen molar-refractivity contribution in [2.75, 3.05) is 13.1 Å². The summed E-state index contributed by atoms with van der Waals surface area (Å²) in [5, 5.41) is 10.2. The monoisotopic (exact) mass is 361 g/mol. The molecule has 25 heavy (non-hydrogen) atoms. The van der Waals surface area contributed by atoms with Crippen molar-refractivity contribution >= 4 is 16.3 Å². The maximum Gasteiger partial charge on any atom is 0.243 e. The highest BCUT2D eigenvalue weighted by molar-refractivity contribution is 7.89. The molecule has 2 atom stereocenters. The number of aliphatic hydroxyl groups is 1. The second kappa shape index (κ2) is 6.95.